The van der Waals surface area contributed by atoms with E-state index in [-0.39, 0.29) is 17.6 Å². The first-order valence-corrected chi connectivity index (χ1v) is 6.33. The molecule has 0 aliphatic heterocycles. The average molecular weight is 238 g/mol. The maximum Gasteiger partial charge on any atom is 0.147 e. The maximum atomic E-state index is 12.4. The molecule has 0 spiro atoms. The summed E-state index contributed by atoms with van der Waals surface area (Å²) in [6, 6.07) is 19.9. The number of carbonyl (C=O) groups is 1. The third-order valence-corrected chi connectivity index (χ3v) is 3.45. The van der Waals surface area contributed by atoms with Crippen molar-refractivity contribution in [2.45, 2.75) is 25.7 Å². The zero-order valence-corrected chi connectivity index (χ0v) is 10.8. The highest BCUT2D eigenvalue weighted by atomic mass is 16.1. The Labute approximate surface area is 108 Å². The van der Waals surface area contributed by atoms with E-state index in [2.05, 4.69) is 0 Å². The van der Waals surface area contributed by atoms with Gasteiger partial charge >= 0.3 is 0 Å². The molecule has 18 heavy (non-hydrogen) atoms. The minimum Gasteiger partial charge on any atom is -0.298 e. The minimum absolute atomic E-state index is 0.0543. The quantitative estimate of drug-likeness (QED) is 0.781. The monoisotopic (exact) mass is 238 g/mol. The molecule has 1 heteroatoms. The molecule has 2 rings (SSSR count). The lowest BCUT2D eigenvalue weighted by molar-refractivity contribution is -0.121. The third-order valence-electron chi connectivity index (χ3n) is 3.45. The van der Waals surface area contributed by atoms with Crippen LogP contribution in [0, 0.1) is 0 Å². The normalized spacial score (nSPS) is 13.9. The molecule has 2 unspecified atom stereocenters. The molecular weight excluding hydrogens is 220 g/mol. The fourth-order valence-corrected chi connectivity index (χ4v) is 2.19. The van der Waals surface area contributed by atoms with Crippen LogP contribution >= 0.6 is 0 Å². The Morgan fingerprint density at radius 3 is 1.39 bits per heavy atom. The Morgan fingerprint density at radius 2 is 1.06 bits per heavy atom. The van der Waals surface area contributed by atoms with Crippen LogP contribution in [-0.2, 0) is 4.79 Å². The van der Waals surface area contributed by atoms with Crippen molar-refractivity contribution >= 4 is 5.78 Å². The molecule has 1 nitrogen and oxygen atoms in total. The third kappa shape index (κ3) is 2.67. The van der Waals surface area contributed by atoms with E-state index in [0.717, 1.165) is 11.1 Å². The molecule has 0 saturated carbocycles. The number of Topliss-reactive ketones (excluding diaryl/α,β-unsaturated/α-hetero) is 1. The van der Waals surface area contributed by atoms with Gasteiger partial charge < -0.3 is 0 Å². The average Bonchev–Trinajstić information content (AvgIpc) is 2.47. The Bertz CT molecular complexity index is 454. The lowest BCUT2D eigenvalue weighted by atomic mass is 9.86. The Hall–Kier alpha value is -1.89. The lowest BCUT2D eigenvalue weighted by Crippen LogP contribution is -2.16. The molecular formula is C17H18O. The summed E-state index contributed by atoms with van der Waals surface area (Å²) in [5.74, 6) is 0.162. The molecule has 0 amide bonds. The van der Waals surface area contributed by atoms with Gasteiger partial charge in [-0.1, -0.05) is 74.5 Å². The molecule has 0 fully saturated rings. The van der Waals surface area contributed by atoms with E-state index >= 15 is 0 Å². The van der Waals surface area contributed by atoms with Gasteiger partial charge in [0.15, 0.2) is 0 Å². The number of benzene rings is 2. The number of ketones is 1. The van der Waals surface area contributed by atoms with Crippen LogP contribution in [0.3, 0.4) is 0 Å². The van der Waals surface area contributed by atoms with E-state index in [9.17, 15) is 4.79 Å². The van der Waals surface area contributed by atoms with Gasteiger partial charge in [-0.25, -0.2) is 0 Å². The standard InChI is InChI=1S/C17H18O/c1-13(15-9-5-3-6-10-15)17(18)14(2)16-11-7-4-8-12-16/h3-14H,1-2H3. The predicted molar refractivity (Wildman–Crippen MR) is 74.7 cm³/mol. The topological polar surface area (TPSA) is 17.1 Å². The Balaban J connectivity index is 2.17. The van der Waals surface area contributed by atoms with Crippen LogP contribution in [0.2, 0.25) is 0 Å². The molecule has 92 valence electrons. The smallest absolute Gasteiger partial charge is 0.147 e. The fraction of sp³-hybridized carbons (Fsp3) is 0.235. The predicted octanol–water partition coefficient (Wildman–Crippen LogP) is 4.16. The molecule has 0 saturated heterocycles. The minimum atomic E-state index is -0.0543. The molecule has 0 bridgehead atoms. The highest BCUT2D eigenvalue weighted by Gasteiger charge is 2.22. The van der Waals surface area contributed by atoms with Crippen LogP contribution in [-0.4, -0.2) is 5.78 Å². The summed E-state index contributed by atoms with van der Waals surface area (Å²) in [7, 11) is 0. The highest BCUT2D eigenvalue weighted by molar-refractivity contribution is 5.91. The zero-order chi connectivity index (χ0) is 13.0. The van der Waals surface area contributed by atoms with Gasteiger partial charge in [0, 0.05) is 11.8 Å². The van der Waals surface area contributed by atoms with Crippen LogP contribution in [0.4, 0.5) is 0 Å². The molecule has 0 aromatic heterocycles. The zero-order valence-electron chi connectivity index (χ0n) is 10.8. The van der Waals surface area contributed by atoms with E-state index in [1.807, 2.05) is 74.5 Å². The summed E-state index contributed by atoms with van der Waals surface area (Å²) in [6.07, 6.45) is 0. The van der Waals surface area contributed by atoms with Gasteiger partial charge in [-0.05, 0) is 11.1 Å². The van der Waals surface area contributed by atoms with E-state index < -0.39 is 0 Å². The number of carbonyl (C=O) groups excluding carboxylic acids is 1. The second-order valence-corrected chi connectivity index (χ2v) is 4.67. The molecule has 2 atom stereocenters. The second-order valence-electron chi connectivity index (χ2n) is 4.67. The van der Waals surface area contributed by atoms with E-state index in [1.54, 1.807) is 0 Å². The summed E-state index contributed by atoms with van der Waals surface area (Å²) < 4.78 is 0. The van der Waals surface area contributed by atoms with Crippen molar-refractivity contribution < 1.29 is 4.79 Å². The van der Waals surface area contributed by atoms with Crippen LogP contribution in [0.15, 0.2) is 60.7 Å². The first kappa shape index (κ1) is 12.6. The van der Waals surface area contributed by atoms with E-state index in [1.165, 1.54) is 0 Å². The second kappa shape index (κ2) is 5.63. The number of hydrogen-bond donors (Lipinski definition) is 0. The lowest BCUT2D eigenvalue weighted by Gasteiger charge is -2.16. The van der Waals surface area contributed by atoms with Crippen molar-refractivity contribution in [1.29, 1.82) is 0 Å². The van der Waals surface area contributed by atoms with Gasteiger partial charge in [-0.3, -0.25) is 4.79 Å². The number of rotatable bonds is 4. The van der Waals surface area contributed by atoms with Crippen LogP contribution in [0.5, 0.6) is 0 Å². The van der Waals surface area contributed by atoms with Crippen molar-refractivity contribution in [3.63, 3.8) is 0 Å². The van der Waals surface area contributed by atoms with E-state index in [4.69, 9.17) is 0 Å². The van der Waals surface area contributed by atoms with E-state index in [0.29, 0.717) is 0 Å². The van der Waals surface area contributed by atoms with Gasteiger partial charge in [0.1, 0.15) is 5.78 Å². The molecule has 0 radical (unpaired) electrons. The van der Waals surface area contributed by atoms with Crippen molar-refractivity contribution in [2.24, 2.45) is 0 Å². The van der Waals surface area contributed by atoms with Gasteiger partial charge in [0.05, 0.1) is 0 Å². The van der Waals surface area contributed by atoms with Crippen molar-refractivity contribution in [3.05, 3.63) is 71.8 Å². The first-order valence-electron chi connectivity index (χ1n) is 6.33. The molecule has 2 aromatic rings. The number of hydrogen-bond acceptors (Lipinski definition) is 1. The van der Waals surface area contributed by atoms with Crippen LogP contribution < -0.4 is 0 Å². The van der Waals surface area contributed by atoms with Crippen molar-refractivity contribution in [2.75, 3.05) is 0 Å². The van der Waals surface area contributed by atoms with Gasteiger partial charge in [0.2, 0.25) is 0 Å². The summed E-state index contributed by atoms with van der Waals surface area (Å²) in [5.41, 5.74) is 2.18. The fourth-order valence-electron chi connectivity index (χ4n) is 2.19. The first-order chi connectivity index (χ1) is 8.70. The molecule has 0 aliphatic rings. The maximum absolute atomic E-state index is 12.4. The molecule has 0 N–H and O–H groups in total. The molecule has 2 aromatic carbocycles. The van der Waals surface area contributed by atoms with Gasteiger partial charge in [-0.15, -0.1) is 0 Å². The van der Waals surface area contributed by atoms with Crippen LogP contribution in [0.25, 0.3) is 0 Å². The molecule has 0 aliphatic carbocycles. The highest BCUT2D eigenvalue weighted by Crippen LogP contribution is 2.25. The van der Waals surface area contributed by atoms with Crippen LogP contribution in [0.1, 0.15) is 36.8 Å². The van der Waals surface area contributed by atoms with Crippen molar-refractivity contribution in [3.8, 4) is 0 Å². The largest absolute Gasteiger partial charge is 0.298 e. The Morgan fingerprint density at radius 1 is 0.722 bits per heavy atom. The SMILES string of the molecule is CC(C(=O)C(C)c1ccccc1)c1ccccc1. The Kier molecular flexibility index (Phi) is 3.93. The van der Waals surface area contributed by atoms with Crippen molar-refractivity contribution in [1.82, 2.24) is 0 Å². The molecule has 0 heterocycles. The van der Waals surface area contributed by atoms with Gasteiger partial charge in [-0.2, -0.15) is 0 Å². The summed E-state index contributed by atoms with van der Waals surface area (Å²) in [5, 5.41) is 0. The summed E-state index contributed by atoms with van der Waals surface area (Å²) >= 11 is 0. The summed E-state index contributed by atoms with van der Waals surface area (Å²) in [4.78, 5) is 12.4. The summed E-state index contributed by atoms with van der Waals surface area (Å²) in [6.45, 7) is 3.97. The van der Waals surface area contributed by atoms with Gasteiger partial charge in [0.25, 0.3) is 0 Å².